The van der Waals surface area contributed by atoms with Crippen molar-refractivity contribution in [2.24, 2.45) is 0 Å². The van der Waals surface area contributed by atoms with Crippen LogP contribution in [-0.4, -0.2) is 16.2 Å². The van der Waals surface area contributed by atoms with Gasteiger partial charge in [-0.15, -0.1) is 0 Å². The molecule has 0 saturated carbocycles. The van der Waals surface area contributed by atoms with Crippen LogP contribution in [0.15, 0.2) is 65.6 Å². The number of carbonyl (C=O) groups excluding carboxylic acids is 2. The number of Topliss-reactive ketones (excluding diaryl/α,β-unsaturated/α-hetero) is 1. The Hall–Kier alpha value is -3.20. The quantitative estimate of drug-likeness (QED) is 0.419. The minimum absolute atomic E-state index is 0.0667. The van der Waals surface area contributed by atoms with E-state index in [9.17, 15) is 22.9 Å². The minimum atomic E-state index is -1.85. The number of allylic oxidation sites excluding steroid dienone is 1. The maximum atomic E-state index is 13.7. The van der Waals surface area contributed by atoms with E-state index in [-0.39, 0.29) is 33.4 Å². The van der Waals surface area contributed by atoms with Gasteiger partial charge in [0.05, 0.1) is 16.3 Å². The molecule has 3 aromatic rings. The molecule has 162 valence electrons. The average Bonchev–Trinajstić information content (AvgIpc) is 2.78. The lowest BCUT2D eigenvalue weighted by molar-refractivity contribution is 0.0951. The largest absolute Gasteiger partial charge is 0.588 e. The van der Waals surface area contributed by atoms with E-state index >= 15 is 0 Å². The number of hydrogen-bond acceptors (Lipinski definition) is 4. The molecule has 1 aliphatic rings. The van der Waals surface area contributed by atoms with E-state index in [2.05, 4.69) is 10.0 Å². The van der Waals surface area contributed by atoms with Gasteiger partial charge in [-0.1, -0.05) is 29.8 Å². The summed E-state index contributed by atoms with van der Waals surface area (Å²) in [6.45, 7) is 0.180. The highest BCUT2D eigenvalue weighted by Crippen LogP contribution is 2.32. The number of hydrogen-bond donors (Lipinski definition) is 2. The molecular formula is C23H15ClF2N2O3S. The molecule has 9 heteroatoms. The molecule has 0 fully saturated rings. The molecular weight excluding hydrogens is 458 g/mol. The zero-order chi connectivity index (χ0) is 22.8. The first kappa shape index (κ1) is 22.0. The van der Waals surface area contributed by atoms with Crippen LogP contribution in [0.4, 0.5) is 14.5 Å². The number of halogens is 3. The fourth-order valence-corrected chi connectivity index (χ4v) is 4.22. The maximum Gasteiger partial charge on any atom is 0.251 e. The van der Waals surface area contributed by atoms with Crippen LogP contribution in [0.1, 0.15) is 31.8 Å². The molecule has 0 spiro atoms. The molecule has 1 amide bonds. The number of nitrogens with one attached hydrogen (secondary N) is 2. The molecule has 1 aliphatic heterocycles. The van der Waals surface area contributed by atoms with Gasteiger partial charge in [0.25, 0.3) is 5.91 Å². The second-order valence-electron chi connectivity index (χ2n) is 6.95. The number of ketones is 1. The Morgan fingerprint density at radius 3 is 2.56 bits per heavy atom. The predicted octanol–water partition coefficient (Wildman–Crippen LogP) is 4.86. The van der Waals surface area contributed by atoms with Crippen molar-refractivity contribution in [3.05, 3.63) is 104 Å². The monoisotopic (exact) mass is 472 g/mol. The predicted molar refractivity (Wildman–Crippen MR) is 119 cm³/mol. The summed E-state index contributed by atoms with van der Waals surface area (Å²) in [6, 6.07) is 14.1. The molecule has 1 unspecified atom stereocenters. The molecule has 2 N–H and O–H groups in total. The van der Waals surface area contributed by atoms with Crippen molar-refractivity contribution in [2.45, 2.75) is 6.54 Å². The molecule has 0 aromatic heterocycles. The lowest BCUT2D eigenvalue weighted by atomic mass is 10.0. The summed E-state index contributed by atoms with van der Waals surface area (Å²) >= 11 is 3.82. The average molecular weight is 473 g/mol. The van der Waals surface area contributed by atoms with Gasteiger partial charge in [-0.2, -0.15) is 0 Å². The number of fused-ring (bicyclic) bond motifs is 1. The van der Waals surface area contributed by atoms with Gasteiger partial charge in [-0.05, 0) is 53.6 Å². The molecule has 0 saturated heterocycles. The summed E-state index contributed by atoms with van der Waals surface area (Å²) in [5, 5.41) is 2.64. The molecule has 5 nitrogen and oxygen atoms in total. The zero-order valence-corrected chi connectivity index (χ0v) is 17.9. The number of benzene rings is 3. The minimum Gasteiger partial charge on any atom is -0.588 e. The lowest BCUT2D eigenvalue weighted by Gasteiger charge is -2.21. The van der Waals surface area contributed by atoms with E-state index < -0.39 is 28.9 Å². The van der Waals surface area contributed by atoms with Gasteiger partial charge in [0.15, 0.2) is 0 Å². The van der Waals surface area contributed by atoms with Crippen molar-refractivity contribution < 1.29 is 22.9 Å². The Kier molecular flexibility index (Phi) is 6.27. The molecule has 0 bridgehead atoms. The highest BCUT2D eigenvalue weighted by Gasteiger charge is 2.34. The fourth-order valence-electron chi connectivity index (χ4n) is 3.09. The van der Waals surface area contributed by atoms with Crippen LogP contribution in [0.25, 0.3) is 6.08 Å². The summed E-state index contributed by atoms with van der Waals surface area (Å²) in [5.74, 6) is -2.01. The van der Waals surface area contributed by atoms with Gasteiger partial charge in [-0.3, -0.25) is 9.59 Å². The van der Waals surface area contributed by atoms with Crippen LogP contribution in [-0.2, 0) is 17.9 Å². The summed E-state index contributed by atoms with van der Waals surface area (Å²) < 4.78 is 42.0. The van der Waals surface area contributed by atoms with Crippen LogP contribution >= 0.6 is 11.6 Å². The van der Waals surface area contributed by atoms with Crippen LogP contribution < -0.4 is 10.0 Å². The van der Waals surface area contributed by atoms with E-state index in [1.54, 1.807) is 12.1 Å². The van der Waals surface area contributed by atoms with Gasteiger partial charge < -0.3 is 9.87 Å². The van der Waals surface area contributed by atoms with Crippen molar-refractivity contribution in [3.63, 3.8) is 0 Å². The molecule has 1 atom stereocenters. The van der Waals surface area contributed by atoms with Gasteiger partial charge in [0.2, 0.25) is 10.7 Å². The normalized spacial score (nSPS) is 16.4. The smallest absolute Gasteiger partial charge is 0.251 e. The molecule has 3 aromatic carbocycles. The van der Waals surface area contributed by atoms with Crippen molar-refractivity contribution >= 4 is 46.4 Å². The second-order valence-corrected chi connectivity index (χ2v) is 8.54. The zero-order valence-electron chi connectivity index (χ0n) is 16.3. The first-order valence-electron chi connectivity index (χ1n) is 9.38. The standard InChI is InChI=1S/C23H15ClF2N2O3S/c24-18-7-3-14(9-19(18)26)10-21-22(29)17-11-15(4-8-20(17)28-32(21)31)23(30)27-12-13-1-5-16(25)6-2-13/h1-11,28H,12H2,(H,27,30)/b21-10-. The topological polar surface area (TPSA) is 81.3 Å². The Bertz CT molecular complexity index is 1250. The Labute approximate surface area is 190 Å². The molecule has 0 radical (unpaired) electrons. The van der Waals surface area contributed by atoms with Crippen molar-refractivity contribution in [3.8, 4) is 0 Å². The van der Waals surface area contributed by atoms with E-state index in [4.69, 9.17) is 11.6 Å². The molecule has 1 heterocycles. The third kappa shape index (κ3) is 4.67. The van der Waals surface area contributed by atoms with Crippen LogP contribution in [0.5, 0.6) is 0 Å². The van der Waals surface area contributed by atoms with Crippen molar-refractivity contribution in [1.82, 2.24) is 5.32 Å². The van der Waals surface area contributed by atoms with Gasteiger partial charge >= 0.3 is 0 Å². The van der Waals surface area contributed by atoms with Gasteiger partial charge in [-0.25, -0.2) is 13.5 Å². The Balaban J connectivity index is 1.56. The Morgan fingerprint density at radius 2 is 1.84 bits per heavy atom. The lowest BCUT2D eigenvalue weighted by Crippen LogP contribution is -2.28. The Morgan fingerprint density at radius 1 is 1.09 bits per heavy atom. The van der Waals surface area contributed by atoms with E-state index in [1.807, 2.05) is 0 Å². The molecule has 4 rings (SSSR count). The number of rotatable bonds is 4. The number of amides is 1. The second kappa shape index (κ2) is 9.12. The van der Waals surface area contributed by atoms with E-state index in [0.29, 0.717) is 16.8 Å². The van der Waals surface area contributed by atoms with Gasteiger partial charge in [0.1, 0.15) is 23.0 Å². The number of carbonyl (C=O) groups is 2. The third-order valence-electron chi connectivity index (χ3n) is 4.76. The molecule has 0 aliphatic carbocycles. The number of anilines is 1. The van der Waals surface area contributed by atoms with Crippen LogP contribution in [0, 0.1) is 11.6 Å². The fraction of sp³-hybridized carbons (Fsp3) is 0.0435. The highest BCUT2D eigenvalue weighted by molar-refractivity contribution is 7.97. The maximum absolute atomic E-state index is 13.7. The first-order chi connectivity index (χ1) is 15.3. The van der Waals surface area contributed by atoms with Crippen molar-refractivity contribution in [1.29, 1.82) is 0 Å². The first-order valence-corrected chi connectivity index (χ1v) is 10.9. The van der Waals surface area contributed by atoms with Crippen LogP contribution in [0.2, 0.25) is 5.02 Å². The van der Waals surface area contributed by atoms with Crippen LogP contribution in [0.3, 0.4) is 0 Å². The highest BCUT2D eigenvalue weighted by atomic mass is 35.5. The van der Waals surface area contributed by atoms with E-state index in [1.165, 1.54) is 48.5 Å². The summed E-state index contributed by atoms with van der Waals surface area (Å²) in [5.41, 5.74) is 1.75. The summed E-state index contributed by atoms with van der Waals surface area (Å²) in [7, 11) is 0. The summed E-state index contributed by atoms with van der Waals surface area (Å²) in [4.78, 5) is 25.4. The SMILES string of the molecule is O=C(NCc1ccc(F)cc1)c1ccc2c(c1)C(=O)/C(=C/c1ccc(Cl)c(F)c1)[S+]([O-])N2. The van der Waals surface area contributed by atoms with E-state index in [0.717, 1.165) is 6.07 Å². The summed E-state index contributed by atoms with van der Waals surface area (Å²) in [6.07, 6.45) is 1.31. The van der Waals surface area contributed by atoms with Crippen molar-refractivity contribution in [2.75, 3.05) is 4.72 Å². The molecule has 32 heavy (non-hydrogen) atoms. The third-order valence-corrected chi connectivity index (χ3v) is 6.17. The van der Waals surface area contributed by atoms with Gasteiger partial charge in [0, 0.05) is 18.2 Å².